The van der Waals surface area contributed by atoms with Crippen molar-refractivity contribution < 1.29 is 5.11 Å². The molecule has 0 amide bonds. The highest BCUT2D eigenvalue weighted by Gasteiger charge is 2.34. The maximum absolute atomic E-state index is 9.03. The Balaban J connectivity index is 2.80. The van der Waals surface area contributed by atoms with Crippen LogP contribution in [0.15, 0.2) is 9.66 Å². The molecule has 0 radical (unpaired) electrons. The van der Waals surface area contributed by atoms with Crippen LogP contribution in [-0.4, -0.2) is 23.3 Å². The standard InChI is InChI=1S/C7H11ClINO/c1-7(8)5(4-11)6(9)2-3-10-7/h2,5,10-11H,3-4H2,1H3. The van der Waals surface area contributed by atoms with Gasteiger partial charge < -0.3 is 5.11 Å². The third-order valence-corrected chi connectivity index (χ3v) is 3.50. The molecule has 2 unspecified atom stereocenters. The molecule has 11 heavy (non-hydrogen) atoms. The van der Waals surface area contributed by atoms with Gasteiger partial charge in [-0.1, -0.05) is 6.08 Å². The molecule has 64 valence electrons. The quantitative estimate of drug-likeness (QED) is 0.435. The zero-order valence-electron chi connectivity index (χ0n) is 6.27. The summed E-state index contributed by atoms with van der Waals surface area (Å²) in [6, 6.07) is 0. The van der Waals surface area contributed by atoms with E-state index < -0.39 is 5.00 Å². The van der Waals surface area contributed by atoms with Crippen LogP contribution in [0.1, 0.15) is 6.92 Å². The third-order valence-electron chi connectivity index (χ3n) is 1.91. The molecule has 2 N–H and O–H groups in total. The number of hydrogen-bond donors (Lipinski definition) is 2. The second-order valence-electron chi connectivity index (χ2n) is 2.78. The average Bonchev–Trinajstić information content (AvgIpc) is 1.86. The number of alkyl halides is 1. The summed E-state index contributed by atoms with van der Waals surface area (Å²) in [5, 5.41) is 12.1. The number of nitrogens with one attached hydrogen (secondary N) is 1. The van der Waals surface area contributed by atoms with Crippen LogP contribution < -0.4 is 5.32 Å². The smallest absolute Gasteiger partial charge is 0.100 e. The van der Waals surface area contributed by atoms with Crippen LogP contribution in [0, 0.1) is 5.92 Å². The van der Waals surface area contributed by atoms with E-state index >= 15 is 0 Å². The van der Waals surface area contributed by atoms with Crippen molar-refractivity contribution in [3.8, 4) is 0 Å². The molecule has 1 aliphatic rings. The van der Waals surface area contributed by atoms with Gasteiger partial charge in [0.1, 0.15) is 5.00 Å². The van der Waals surface area contributed by atoms with E-state index in [0.29, 0.717) is 0 Å². The topological polar surface area (TPSA) is 32.3 Å². The van der Waals surface area contributed by atoms with Gasteiger partial charge in [-0.3, -0.25) is 5.32 Å². The number of aliphatic hydroxyl groups is 1. The molecule has 1 rings (SSSR count). The highest BCUT2D eigenvalue weighted by atomic mass is 127. The van der Waals surface area contributed by atoms with E-state index in [4.69, 9.17) is 16.7 Å². The van der Waals surface area contributed by atoms with Crippen molar-refractivity contribution >= 4 is 34.2 Å². The van der Waals surface area contributed by atoms with Crippen LogP contribution >= 0.6 is 34.2 Å². The van der Waals surface area contributed by atoms with Gasteiger partial charge in [-0.2, -0.15) is 0 Å². The van der Waals surface area contributed by atoms with Crippen molar-refractivity contribution in [3.63, 3.8) is 0 Å². The van der Waals surface area contributed by atoms with Crippen LogP contribution in [0.2, 0.25) is 0 Å². The molecule has 0 spiro atoms. The first-order valence-electron chi connectivity index (χ1n) is 3.48. The fourth-order valence-electron chi connectivity index (χ4n) is 1.13. The summed E-state index contributed by atoms with van der Waals surface area (Å²) in [4.78, 5) is -0.486. The van der Waals surface area contributed by atoms with Crippen LogP contribution in [-0.2, 0) is 0 Å². The highest BCUT2D eigenvalue weighted by Crippen LogP contribution is 2.34. The average molecular weight is 288 g/mol. The fraction of sp³-hybridized carbons (Fsp3) is 0.714. The molecule has 0 aliphatic carbocycles. The molecule has 0 aromatic rings. The fourth-order valence-corrected chi connectivity index (χ4v) is 2.62. The molecule has 0 aromatic carbocycles. The summed E-state index contributed by atoms with van der Waals surface area (Å²) >= 11 is 8.34. The van der Waals surface area contributed by atoms with E-state index in [0.717, 1.165) is 10.1 Å². The first-order chi connectivity index (χ1) is 5.08. The van der Waals surface area contributed by atoms with Crippen LogP contribution in [0.25, 0.3) is 0 Å². The molecule has 2 atom stereocenters. The van der Waals surface area contributed by atoms with E-state index in [-0.39, 0.29) is 12.5 Å². The Kier molecular flexibility index (Phi) is 3.19. The second-order valence-corrected chi connectivity index (χ2v) is 4.81. The third kappa shape index (κ3) is 2.08. The Morgan fingerprint density at radius 3 is 3.00 bits per heavy atom. The van der Waals surface area contributed by atoms with E-state index in [1.54, 1.807) is 0 Å². The summed E-state index contributed by atoms with van der Waals surface area (Å²) < 4.78 is 1.14. The van der Waals surface area contributed by atoms with Crippen LogP contribution in [0.3, 0.4) is 0 Å². The lowest BCUT2D eigenvalue weighted by Crippen LogP contribution is -2.48. The lowest BCUT2D eigenvalue weighted by molar-refractivity contribution is 0.206. The zero-order chi connectivity index (χ0) is 8.48. The first kappa shape index (κ1) is 9.77. The monoisotopic (exact) mass is 287 g/mol. The van der Waals surface area contributed by atoms with Gasteiger partial charge in [0.2, 0.25) is 0 Å². The van der Waals surface area contributed by atoms with Gasteiger partial charge in [0, 0.05) is 12.5 Å². The minimum absolute atomic E-state index is 0.0264. The van der Waals surface area contributed by atoms with Gasteiger partial charge in [0.05, 0.1) is 6.61 Å². The van der Waals surface area contributed by atoms with Gasteiger partial charge in [0.25, 0.3) is 0 Å². The summed E-state index contributed by atoms with van der Waals surface area (Å²) in [5.74, 6) is 0.0264. The van der Waals surface area contributed by atoms with Gasteiger partial charge in [-0.25, -0.2) is 0 Å². The molecule has 0 saturated heterocycles. The SMILES string of the molecule is CC1(Cl)NCC=C(I)C1CO. The second kappa shape index (κ2) is 3.60. The molecule has 1 heterocycles. The Morgan fingerprint density at radius 2 is 2.64 bits per heavy atom. The minimum atomic E-state index is -0.486. The van der Waals surface area contributed by atoms with E-state index in [1.165, 1.54) is 0 Å². The highest BCUT2D eigenvalue weighted by molar-refractivity contribution is 14.1. The maximum atomic E-state index is 9.03. The van der Waals surface area contributed by atoms with Crippen LogP contribution in [0.4, 0.5) is 0 Å². The normalized spacial score (nSPS) is 38.5. The molecular formula is C7H11ClINO. The molecule has 0 aromatic heterocycles. The predicted molar refractivity (Wildman–Crippen MR) is 54.9 cm³/mol. The molecule has 0 bridgehead atoms. The summed E-state index contributed by atoms with van der Waals surface area (Å²) in [5.41, 5.74) is 0. The molecule has 0 fully saturated rings. The Labute approximate surface area is 85.1 Å². The van der Waals surface area contributed by atoms with Crippen molar-refractivity contribution in [3.05, 3.63) is 9.66 Å². The Morgan fingerprint density at radius 1 is 2.00 bits per heavy atom. The van der Waals surface area contributed by atoms with Crippen molar-refractivity contribution in [1.29, 1.82) is 0 Å². The van der Waals surface area contributed by atoms with E-state index in [1.807, 2.05) is 13.0 Å². The van der Waals surface area contributed by atoms with Gasteiger partial charge in [-0.15, -0.1) is 11.6 Å². The predicted octanol–water partition coefficient (Wildman–Crippen LogP) is 1.47. The summed E-state index contributed by atoms with van der Waals surface area (Å²) in [7, 11) is 0. The van der Waals surface area contributed by atoms with Gasteiger partial charge in [0.15, 0.2) is 0 Å². The number of hydrogen-bond acceptors (Lipinski definition) is 2. The van der Waals surface area contributed by atoms with Crippen molar-refractivity contribution in [2.24, 2.45) is 5.92 Å². The number of halogens is 2. The summed E-state index contributed by atoms with van der Waals surface area (Å²) in [6.45, 7) is 2.78. The minimum Gasteiger partial charge on any atom is -0.396 e. The van der Waals surface area contributed by atoms with E-state index in [2.05, 4.69) is 27.9 Å². The van der Waals surface area contributed by atoms with E-state index in [9.17, 15) is 0 Å². The largest absolute Gasteiger partial charge is 0.396 e. The van der Waals surface area contributed by atoms with Gasteiger partial charge in [-0.05, 0) is 33.1 Å². The Bertz CT molecular complexity index is 181. The lowest BCUT2D eigenvalue weighted by Gasteiger charge is -2.35. The Hall–Kier alpha value is 0.680. The van der Waals surface area contributed by atoms with Crippen molar-refractivity contribution in [2.45, 2.75) is 11.9 Å². The van der Waals surface area contributed by atoms with Gasteiger partial charge >= 0.3 is 0 Å². The first-order valence-corrected chi connectivity index (χ1v) is 4.94. The maximum Gasteiger partial charge on any atom is 0.100 e. The zero-order valence-corrected chi connectivity index (χ0v) is 9.19. The number of aliphatic hydroxyl groups excluding tert-OH is 1. The van der Waals surface area contributed by atoms with Crippen molar-refractivity contribution in [1.82, 2.24) is 5.32 Å². The summed E-state index contributed by atoms with van der Waals surface area (Å²) in [6.07, 6.45) is 2.05. The molecule has 1 aliphatic heterocycles. The van der Waals surface area contributed by atoms with Crippen LogP contribution in [0.5, 0.6) is 0 Å². The lowest BCUT2D eigenvalue weighted by atomic mass is 9.98. The van der Waals surface area contributed by atoms with Crippen molar-refractivity contribution in [2.75, 3.05) is 13.2 Å². The molecular weight excluding hydrogens is 276 g/mol. The molecule has 4 heteroatoms. The number of rotatable bonds is 1. The molecule has 2 nitrogen and oxygen atoms in total. The molecule has 0 saturated carbocycles.